The fourth-order valence-electron chi connectivity index (χ4n) is 3.98. The molecule has 2 heteroatoms. The van der Waals surface area contributed by atoms with Gasteiger partial charge in [-0.2, -0.15) is 0 Å². The van der Waals surface area contributed by atoms with Gasteiger partial charge >= 0.3 is 0 Å². The first-order valence-electron chi connectivity index (χ1n) is 7.49. The number of aryl methyl sites for hydroxylation is 1. The molecule has 0 amide bonds. The molecule has 2 nitrogen and oxygen atoms in total. The van der Waals surface area contributed by atoms with Crippen molar-refractivity contribution in [2.75, 3.05) is 13.2 Å². The molecule has 2 aliphatic rings. The summed E-state index contributed by atoms with van der Waals surface area (Å²) < 4.78 is 5.84. The Morgan fingerprint density at radius 3 is 3.00 bits per heavy atom. The van der Waals surface area contributed by atoms with Crippen molar-refractivity contribution in [3.63, 3.8) is 0 Å². The Hall–Kier alpha value is -0.860. The number of benzene rings is 1. The maximum atomic E-state index is 5.84. The van der Waals surface area contributed by atoms with Crippen molar-refractivity contribution < 1.29 is 4.74 Å². The van der Waals surface area contributed by atoms with Crippen LogP contribution in [-0.4, -0.2) is 25.3 Å². The van der Waals surface area contributed by atoms with Crippen molar-refractivity contribution in [2.24, 2.45) is 11.3 Å². The molecule has 1 saturated carbocycles. The van der Waals surface area contributed by atoms with E-state index in [0.717, 1.165) is 25.5 Å². The second-order valence-corrected chi connectivity index (χ2v) is 6.74. The summed E-state index contributed by atoms with van der Waals surface area (Å²) in [5, 5.41) is 3.77. The number of ether oxygens (including phenoxy) is 1. The minimum atomic E-state index is 0.299. The molecule has 1 aromatic carbocycles. The zero-order valence-corrected chi connectivity index (χ0v) is 12.3. The molecule has 2 fully saturated rings. The molecule has 0 bridgehead atoms. The summed E-state index contributed by atoms with van der Waals surface area (Å²) >= 11 is 0. The third-order valence-corrected chi connectivity index (χ3v) is 4.96. The Kier molecular flexibility index (Phi) is 3.40. The molecule has 1 heterocycles. The molecule has 19 heavy (non-hydrogen) atoms. The van der Waals surface area contributed by atoms with Crippen LogP contribution in [0.25, 0.3) is 0 Å². The smallest absolute Gasteiger partial charge is 0.0685 e. The predicted octanol–water partition coefficient (Wildman–Crippen LogP) is 2.94. The van der Waals surface area contributed by atoms with Gasteiger partial charge in [-0.15, -0.1) is 0 Å². The molecule has 1 aliphatic heterocycles. The summed E-state index contributed by atoms with van der Waals surface area (Å²) in [6, 6.07) is 9.45. The molecule has 0 radical (unpaired) electrons. The van der Waals surface area contributed by atoms with Crippen LogP contribution in [0.15, 0.2) is 24.3 Å². The van der Waals surface area contributed by atoms with Gasteiger partial charge in [0, 0.05) is 24.0 Å². The zero-order chi connectivity index (χ0) is 13.5. The van der Waals surface area contributed by atoms with Crippen LogP contribution in [-0.2, 0) is 11.2 Å². The van der Waals surface area contributed by atoms with Crippen molar-refractivity contribution in [2.45, 2.75) is 45.8 Å². The first kappa shape index (κ1) is 13.1. The van der Waals surface area contributed by atoms with Gasteiger partial charge in [0.1, 0.15) is 0 Å². The van der Waals surface area contributed by atoms with Crippen molar-refractivity contribution in [1.82, 2.24) is 5.32 Å². The van der Waals surface area contributed by atoms with E-state index in [-0.39, 0.29) is 0 Å². The molecule has 1 aromatic rings. The van der Waals surface area contributed by atoms with E-state index in [1.54, 1.807) is 0 Å². The summed E-state index contributed by atoms with van der Waals surface area (Å²) in [5.74, 6) is 0.743. The molecule has 3 unspecified atom stereocenters. The van der Waals surface area contributed by atoms with E-state index < -0.39 is 0 Å². The standard InChI is InChI=1S/C17H25NO/c1-12-5-4-6-13(11-12)7-9-18-15-14-8-10-19-16(14)17(15,2)3/h4-6,11,14-16,18H,7-10H2,1-3H3. The van der Waals surface area contributed by atoms with E-state index in [1.165, 1.54) is 17.5 Å². The van der Waals surface area contributed by atoms with Crippen molar-refractivity contribution >= 4 is 0 Å². The lowest BCUT2D eigenvalue weighted by Gasteiger charge is -2.55. The highest BCUT2D eigenvalue weighted by Crippen LogP contribution is 2.51. The fraction of sp³-hybridized carbons (Fsp3) is 0.647. The predicted molar refractivity (Wildman–Crippen MR) is 78.3 cm³/mol. The maximum absolute atomic E-state index is 5.84. The van der Waals surface area contributed by atoms with Gasteiger partial charge in [0.2, 0.25) is 0 Å². The van der Waals surface area contributed by atoms with Gasteiger partial charge in [0.25, 0.3) is 0 Å². The molecule has 3 rings (SSSR count). The van der Waals surface area contributed by atoms with Gasteiger partial charge in [-0.25, -0.2) is 0 Å². The largest absolute Gasteiger partial charge is 0.377 e. The molecule has 1 aliphatic carbocycles. The molecule has 0 aromatic heterocycles. The zero-order valence-electron chi connectivity index (χ0n) is 12.3. The molecular weight excluding hydrogens is 234 g/mol. The van der Waals surface area contributed by atoms with Crippen LogP contribution < -0.4 is 5.32 Å². The average molecular weight is 259 g/mol. The molecule has 1 N–H and O–H groups in total. The number of fused-ring (bicyclic) bond motifs is 1. The summed E-state index contributed by atoms with van der Waals surface area (Å²) in [5.41, 5.74) is 3.09. The van der Waals surface area contributed by atoms with E-state index in [0.29, 0.717) is 17.6 Å². The maximum Gasteiger partial charge on any atom is 0.0685 e. The van der Waals surface area contributed by atoms with Crippen molar-refractivity contribution in [3.05, 3.63) is 35.4 Å². The van der Waals surface area contributed by atoms with Gasteiger partial charge in [0.05, 0.1) is 6.10 Å². The van der Waals surface area contributed by atoms with Crippen molar-refractivity contribution in [3.8, 4) is 0 Å². The summed E-state index contributed by atoms with van der Waals surface area (Å²) in [4.78, 5) is 0. The second-order valence-electron chi connectivity index (χ2n) is 6.74. The number of hydrogen-bond acceptors (Lipinski definition) is 2. The van der Waals surface area contributed by atoms with Gasteiger partial charge in [-0.1, -0.05) is 43.7 Å². The lowest BCUT2D eigenvalue weighted by atomic mass is 9.57. The van der Waals surface area contributed by atoms with Gasteiger partial charge in [-0.3, -0.25) is 0 Å². The molecular formula is C17H25NO. The van der Waals surface area contributed by atoms with Gasteiger partial charge < -0.3 is 10.1 Å². The van der Waals surface area contributed by atoms with E-state index in [1.807, 2.05) is 0 Å². The Morgan fingerprint density at radius 1 is 1.37 bits per heavy atom. The summed E-state index contributed by atoms with van der Waals surface area (Å²) in [6.45, 7) is 8.86. The molecule has 1 saturated heterocycles. The topological polar surface area (TPSA) is 21.3 Å². The lowest BCUT2D eigenvalue weighted by Crippen LogP contribution is -2.66. The van der Waals surface area contributed by atoms with E-state index >= 15 is 0 Å². The molecule has 0 spiro atoms. The van der Waals surface area contributed by atoms with Gasteiger partial charge in [-0.05, 0) is 31.9 Å². The molecule has 3 atom stereocenters. The Bertz CT molecular complexity index is 454. The number of hydrogen-bond donors (Lipinski definition) is 1. The molecule has 104 valence electrons. The van der Waals surface area contributed by atoms with Crippen LogP contribution in [0.3, 0.4) is 0 Å². The van der Waals surface area contributed by atoms with E-state index in [4.69, 9.17) is 4.74 Å². The lowest BCUT2D eigenvalue weighted by molar-refractivity contribution is -0.112. The first-order chi connectivity index (χ1) is 9.09. The highest BCUT2D eigenvalue weighted by molar-refractivity contribution is 5.22. The van der Waals surface area contributed by atoms with E-state index in [9.17, 15) is 0 Å². The Labute approximate surface area is 116 Å². The third-order valence-electron chi connectivity index (χ3n) is 4.96. The number of rotatable bonds is 4. The van der Waals surface area contributed by atoms with Gasteiger partial charge in [0.15, 0.2) is 0 Å². The van der Waals surface area contributed by atoms with Crippen LogP contribution in [0.2, 0.25) is 0 Å². The van der Waals surface area contributed by atoms with Crippen LogP contribution in [0.5, 0.6) is 0 Å². The van der Waals surface area contributed by atoms with Crippen LogP contribution in [0.1, 0.15) is 31.4 Å². The third kappa shape index (κ3) is 2.32. The summed E-state index contributed by atoms with van der Waals surface area (Å²) in [6.07, 6.45) is 2.84. The summed E-state index contributed by atoms with van der Waals surface area (Å²) in [7, 11) is 0. The average Bonchev–Trinajstić information content (AvgIpc) is 2.81. The quantitative estimate of drug-likeness (QED) is 0.897. The highest BCUT2D eigenvalue weighted by Gasteiger charge is 2.58. The minimum Gasteiger partial charge on any atom is -0.377 e. The Balaban J connectivity index is 1.53. The Morgan fingerprint density at radius 2 is 2.21 bits per heavy atom. The monoisotopic (exact) mass is 259 g/mol. The highest BCUT2D eigenvalue weighted by atomic mass is 16.5. The normalized spacial score (nSPS) is 31.8. The number of nitrogens with one attached hydrogen (secondary N) is 1. The van der Waals surface area contributed by atoms with Crippen molar-refractivity contribution in [1.29, 1.82) is 0 Å². The van der Waals surface area contributed by atoms with Crippen LogP contribution >= 0.6 is 0 Å². The fourth-order valence-corrected chi connectivity index (χ4v) is 3.98. The van der Waals surface area contributed by atoms with E-state index in [2.05, 4.69) is 50.4 Å². The minimum absolute atomic E-state index is 0.299. The van der Waals surface area contributed by atoms with Crippen LogP contribution in [0.4, 0.5) is 0 Å². The second kappa shape index (κ2) is 4.92. The van der Waals surface area contributed by atoms with Crippen LogP contribution in [0, 0.1) is 18.3 Å². The first-order valence-corrected chi connectivity index (χ1v) is 7.49. The SMILES string of the molecule is Cc1cccc(CCNC2C3CCOC3C2(C)C)c1.